The third-order valence-corrected chi connectivity index (χ3v) is 5.60. The summed E-state index contributed by atoms with van der Waals surface area (Å²) in [6.45, 7) is 2.32. The van der Waals surface area contributed by atoms with Gasteiger partial charge in [0.2, 0.25) is 5.91 Å². The summed E-state index contributed by atoms with van der Waals surface area (Å²) >= 11 is 0. The van der Waals surface area contributed by atoms with Crippen LogP contribution in [-0.4, -0.2) is 53.7 Å². The number of halogens is 1. The Labute approximate surface area is 170 Å². The quantitative estimate of drug-likeness (QED) is 0.780. The molecule has 6 nitrogen and oxygen atoms in total. The lowest BCUT2D eigenvalue weighted by molar-refractivity contribution is -0.130. The summed E-state index contributed by atoms with van der Waals surface area (Å²) < 4.78 is 0. The number of carbonyl (C=O) groups is 3. The molecule has 1 saturated heterocycles. The van der Waals surface area contributed by atoms with Crippen molar-refractivity contribution in [1.82, 2.24) is 9.80 Å². The van der Waals surface area contributed by atoms with E-state index in [1.54, 1.807) is 12.1 Å². The number of hydrogen-bond acceptors (Lipinski definition) is 4. The predicted octanol–water partition coefficient (Wildman–Crippen LogP) is 2.44. The van der Waals surface area contributed by atoms with E-state index in [1.807, 2.05) is 29.2 Å². The summed E-state index contributed by atoms with van der Waals surface area (Å²) in [6, 6.07) is 11.0. The minimum atomic E-state index is -0.277. The molecule has 0 spiro atoms. The molecule has 3 amide bonds. The van der Waals surface area contributed by atoms with Gasteiger partial charge in [-0.05, 0) is 42.8 Å². The van der Waals surface area contributed by atoms with E-state index in [9.17, 15) is 14.4 Å². The van der Waals surface area contributed by atoms with Crippen LogP contribution in [0.5, 0.6) is 0 Å². The van der Waals surface area contributed by atoms with Gasteiger partial charge >= 0.3 is 0 Å². The van der Waals surface area contributed by atoms with Crippen molar-refractivity contribution in [2.45, 2.75) is 19.3 Å². The predicted molar refractivity (Wildman–Crippen MR) is 110 cm³/mol. The van der Waals surface area contributed by atoms with Gasteiger partial charge in [-0.25, -0.2) is 0 Å². The molecule has 7 heteroatoms. The lowest BCUT2D eigenvalue weighted by Crippen LogP contribution is -2.41. The zero-order valence-electron chi connectivity index (χ0n) is 15.6. The first-order valence-electron chi connectivity index (χ1n) is 9.46. The van der Waals surface area contributed by atoms with E-state index in [2.05, 4.69) is 0 Å². The Balaban J connectivity index is 0.00000225. The maximum Gasteiger partial charge on any atom is 0.261 e. The first-order valence-corrected chi connectivity index (χ1v) is 9.46. The maximum atomic E-state index is 12.8. The average Bonchev–Trinajstić information content (AvgIpc) is 3.18. The van der Waals surface area contributed by atoms with Crippen molar-refractivity contribution in [1.29, 1.82) is 0 Å². The lowest BCUT2D eigenvalue weighted by atomic mass is 9.94. The van der Waals surface area contributed by atoms with Gasteiger partial charge in [0.05, 0.1) is 0 Å². The zero-order valence-corrected chi connectivity index (χ0v) is 16.4. The highest BCUT2D eigenvalue weighted by atomic mass is 35.5. The molecule has 2 heterocycles. The van der Waals surface area contributed by atoms with Crippen molar-refractivity contribution in [3.05, 3.63) is 47.5 Å². The number of amides is 3. The summed E-state index contributed by atoms with van der Waals surface area (Å²) in [4.78, 5) is 41.1. The van der Waals surface area contributed by atoms with E-state index in [0.717, 1.165) is 23.7 Å². The number of imide groups is 1. The summed E-state index contributed by atoms with van der Waals surface area (Å²) in [7, 11) is 0. The summed E-state index contributed by atoms with van der Waals surface area (Å²) in [5.41, 5.74) is 6.79. The molecule has 0 radical (unpaired) electrons. The van der Waals surface area contributed by atoms with Crippen LogP contribution in [0, 0.1) is 5.92 Å². The molecule has 2 aromatic rings. The van der Waals surface area contributed by atoms with Gasteiger partial charge in [0.25, 0.3) is 11.8 Å². The van der Waals surface area contributed by atoms with Crippen LogP contribution >= 0.6 is 12.4 Å². The molecule has 0 bridgehead atoms. The minimum Gasteiger partial charge on any atom is -0.342 e. The van der Waals surface area contributed by atoms with Crippen molar-refractivity contribution in [3.8, 4) is 0 Å². The van der Waals surface area contributed by atoms with Gasteiger partial charge in [-0.1, -0.05) is 24.3 Å². The molecule has 1 atom stereocenters. The number of benzene rings is 2. The van der Waals surface area contributed by atoms with Crippen LogP contribution in [-0.2, 0) is 4.79 Å². The number of rotatable bonds is 5. The van der Waals surface area contributed by atoms with Gasteiger partial charge in [-0.15, -0.1) is 12.4 Å². The van der Waals surface area contributed by atoms with Crippen LogP contribution < -0.4 is 5.73 Å². The van der Waals surface area contributed by atoms with Crippen LogP contribution in [0.15, 0.2) is 36.4 Å². The number of hydrogen-bond donors (Lipinski definition) is 1. The van der Waals surface area contributed by atoms with Crippen LogP contribution in [0.1, 0.15) is 40.0 Å². The first kappa shape index (κ1) is 20.3. The Morgan fingerprint density at radius 1 is 1.07 bits per heavy atom. The van der Waals surface area contributed by atoms with Crippen LogP contribution in [0.25, 0.3) is 10.8 Å². The van der Waals surface area contributed by atoms with Crippen molar-refractivity contribution >= 4 is 40.9 Å². The van der Waals surface area contributed by atoms with Crippen LogP contribution in [0.3, 0.4) is 0 Å². The Bertz CT molecular complexity index is 880. The van der Waals surface area contributed by atoms with Gasteiger partial charge in [0.15, 0.2) is 0 Å². The molecule has 0 aliphatic carbocycles. The van der Waals surface area contributed by atoms with E-state index in [4.69, 9.17) is 5.73 Å². The van der Waals surface area contributed by atoms with Crippen molar-refractivity contribution in [2.75, 3.05) is 26.2 Å². The fraction of sp³-hybridized carbons (Fsp3) is 0.381. The Morgan fingerprint density at radius 3 is 2.29 bits per heavy atom. The second kappa shape index (κ2) is 8.29. The number of carbonyl (C=O) groups excluding carboxylic acids is 3. The Kier molecular flexibility index (Phi) is 6.01. The topological polar surface area (TPSA) is 83.7 Å². The smallest absolute Gasteiger partial charge is 0.261 e. The largest absolute Gasteiger partial charge is 0.342 e. The highest BCUT2D eigenvalue weighted by molar-refractivity contribution is 6.25. The molecular formula is C21H24ClN3O3. The Morgan fingerprint density at radius 2 is 1.71 bits per heavy atom. The molecule has 2 aliphatic rings. The van der Waals surface area contributed by atoms with Gasteiger partial charge in [0, 0.05) is 42.6 Å². The molecule has 2 aromatic carbocycles. The molecule has 2 aliphatic heterocycles. The maximum absolute atomic E-state index is 12.8. The number of nitrogens with two attached hydrogens (primary N) is 1. The highest BCUT2D eigenvalue weighted by Gasteiger charge is 2.32. The third-order valence-electron chi connectivity index (χ3n) is 5.60. The molecule has 1 fully saturated rings. The normalized spacial score (nSPS) is 18.5. The number of nitrogens with zero attached hydrogens (tertiary/aromatic N) is 2. The highest BCUT2D eigenvalue weighted by Crippen LogP contribution is 2.30. The molecule has 28 heavy (non-hydrogen) atoms. The van der Waals surface area contributed by atoms with E-state index in [-0.39, 0.29) is 36.7 Å². The molecule has 1 unspecified atom stereocenters. The SMILES string of the molecule is Cl.NCC1CCN(C(=O)CCCN2C(=O)c3cccc4cccc(c34)C2=O)C1. The van der Waals surface area contributed by atoms with Gasteiger partial charge in [-0.3, -0.25) is 19.3 Å². The van der Waals surface area contributed by atoms with Crippen molar-refractivity contribution in [3.63, 3.8) is 0 Å². The number of likely N-dealkylation sites (tertiary alicyclic amines) is 1. The summed E-state index contributed by atoms with van der Waals surface area (Å²) in [6.07, 6.45) is 1.75. The second-order valence-electron chi connectivity index (χ2n) is 7.30. The van der Waals surface area contributed by atoms with E-state index in [0.29, 0.717) is 43.0 Å². The zero-order chi connectivity index (χ0) is 19.0. The molecule has 0 saturated carbocycles. The monoisotopic (exact) mass is 401 g/mol. The van der Waals surface area contributed by atoms with Crippen molar-refractivity contribution in [2.24, 2.45) is 11.7 Å². The minimum absolute atomic E-state index is 0. The third kappa shape index (κ3) is 3.50. The molecule has 148 valence electrons. The lowest BCUT2D eigenvalue weighted by Gasteiger charge is -2.27. The average molecular weight is 402 g/mol. The summed E-state index contributed by atoms with van der Waals surface area (Å²) in [5, 5.41) is 1.62. The molecule has 2 N–H and O–H groups in total. The standard InChI is InChI=1S/C21H23N3O3.ClH/c22-12-14-9-11-23(13-14)18(25)8-3-10-24-20(26)16-6-1-4-15-5-2-7-17(19(15)16)21(24)27;/h1-2,4-7,14H,3,8-13,22H2;1H. The molecule has 4 rings (SSSR count). The van der Waals surface area contributed by atoms with E-state index >= 15 is 0 Å². The van der Waals surface area contributed by atoms with Gasteiger partial charge in [0.1, 0.15) is 0 Å². The fourth-order valence-electron chi connectivity index (χ4n) is 4.08. The second-order valence-corrected chi connectivity index (χ2v) is 7.30. The van der Waals surface area contributed by atoms with E-state index in [1.165, 1.54) is 4.90 Å². The van der Waals surface area contributed by atoms with Crippen LogP contribution in [0.4, 0.5) is 0 Å². The van der Waals surface area contributed by atoms with Crippen molar-refractivity contribution < 1.29 is 14.4 Å². The fourth-order valence-corrected chi connectivity index (χ4v) is 4.08. The van der Waals surface area contributed by atoms with Gasteiger partial charge < -0.3 is 10.6 Å². The van der Waals surface area contributed by atoms with Crippen LogP contribution in [0.2, 0.25) is 0 Å². The summed E-state index contributed by atoms with van der Waals surface area (Å²) in [5.74, 6) is -0.0937. The van der Waals surface area contributed by atoms with E-state index < -0.39 is 0 Å². The first-order chi connectivity index (χ1) is 13.1. The Hall–Kier alpha value is -2.44. The molecular weight excluding hydrogens is 378 g/mol. The van der Waals surface area contributed by atoms with Gasteiger partial charge in [-0.2, -0.15) is 0 Å². The molecule has 0 aromatic heterocycles.